The molecule has 0 aliphatic rings. The zero-order valence-corrected chi connectivity index (χ0v) is 34.4. The van der Waals surface area contributed by atoms with Gasteiger partial charge in [0.15, 0.2) is 11.3 Å². The van der Waals surface area contributed by atoms with Crippen molar-refractivity contribution in [2.45, 2.75) is 26.1 Å². The standard InChI is InChI=1S/C18H15Cl2N5O4.C15H9Cl2N5O2.C3H7ClO2/c1-9-5-25-6-14(22-16(25)4-21-9)18-23-17(24-29-18)11-2-13(20)15(3-12(11)19)28-8-10(27)7-26;1-7-5-22-6-11(19-13(22)4-18-7)15-20-14(21-24-15)8-2-10(17)12(23)3-9(8)16;4-1-3(6)2-5/h2-6,10,26-27H,7-8H2,1H3;2-6,23H,1H3;3,5-6H,1-2H2/t10-;;3-/m1.0/s1. The highest BCUT2D eigenvalue weighted by molar-refractivity contribution is 6.36. The molecule has 18 nitrogen and oxygen atoms in total. The summed E-state index contributed by atoms with van der Waals surface area (Å²) in [5.74, 6) is 1.21. The molecular formula is C36H31Cl5N10O8. The Morgan fingerprint density at radius 2 is 1.15 bits per heavy atom. The first-order chi connectivity index (χ1) is 28.3. The first-order valence-corrected chi connectivity index (χ1v) is 19.1. The van der Waals surface area contributed by atoms with Gasteiger partial charge in [0.25, 0.3) is 11.8 Å². The Kier molecular flexibility index (Phi) is 14.2. The molecule has 0 saturated carbocycles. The molecule has 0 saturated heterocycles. The van der Waals surface area contributed by atoms with Gasteiger partial charge in [0.2, 0.25) is 11.6 Å². The number of hydrogen-bond acceptors (Lipinski definition) is 16. The maximum Gasteiger partial charge on any atom is 0.278 e. The maximum absolute atomic E-state index is 9.56. The van der Waals surface area contributed by atoms with Crippen molar-refractivity contribution in [2.24, 2.45) is 0 Å². The Morgan fingerprint density at radius 1 is 0.661 bits per heavy atom. The first kappa shape index (κ1) is 43.4. The summed E-state index contributed by atoms with van der Waals surface area (Å²) in [4.78, 5) is 25.9. The Bertz CT molecular complexity index is 2700. The third-order valence-corrected chi connectivity index (χ3v) is 9.38. The second-order valence-corrected chi connectivity index (χ2v) is 14.3. The summed E-state index contributed by atoms with van der Waals surface area (Å²) in [5, 5.41) is 52.9. The lowest BCUT2D eigenvalue weighted by Gasteiger charge is -2.12. The largest absolute Gasteiger partial charge is 0.506 e. The van der Waals surface area contributed by atoms with Crippen LogP contribution in [-0.4, -0.2) is 112 Å². The van der Waals surface area contributed by atoms with E-state index in [-0.39, 0.29) is 74.1 Å². The van der Waals surface area contributed by atoms with E-state index in [2.05, 4.69) is 40.2 Å². The van der Waals surface area contributed by atoms with Crippen molar-refractivity contribution in [2.75, 3.05) is 25.7 Å². The van der Waals surface area contributed by atoms with Crippen LogP contribution in [0.3, 0.4) is 0 Å². The van der Waals surface area contributed by atoms with Crippen LogP contribution in [0.25, 0.3) is 57.2 Å². The van der Waals surface area contributed by atoms with Crippen LogP contribution in [0.1, 0.15) is 11.4 Å². The maximum atomic E-state index is 9.56. The molecule has 59 heavy (non-hydrogen) atoms. The third kappa shape index (κ3) is 10.5. The number of hydrogen-bond donors (Lipinski definition) is 5. The van der Waals surface area contributed by atoms with Gasteiger partial charge in [0.05, 0.1) is 69.1 Å². The van der Waals surface area contributed by atoms with Crippen LogP contribution in [0, 0.1) is 13.8 Å². The van der Waals surface area contributed by atoms with E-state index in [9.17, 15) is 10.2 Å². The normalized spacial score (nSPS) is 12.2. The Hall–Kier alpha value is -5.15. The van der Waals surface area contributed by atoms with E-state index in [0.717, 1.165) is 11.4 Å². The smallest absolute Gasteiger partial charge is 0.278 e. The van der Waals surface area contributed by atoms with Crippen LogP contribution in [-0.2, 0) is 0 Å². The number of aromatic hydroxyl groups is 1. The van der Waals surface area contributed by atoms with E-state index in [1.165, 1.54) is 24.3 Å². The van der Waals surface area contributed by atoms with Gasteiger partial charge in [0, 0.05) is 48.0 Å². The number of nitrogens with zero attached hydrogens (tertiary/aromatic N) is 10. The van der Waals surface area contributed by atoms with Crippen LogP contribution in [0.4, 0.5) is 0 Å². The summed E-state index contributed by atoms with van der Waals surface area (Å²) < 4.78 is 19.6. The fourth-order valence-electron chi connectivity index (χ4n) is 4.89. The Labute approximate surface area is 358 Å². The number of rotatable bonds is 10. The second-order valence-electron chi connectivity index (χ2n) is 12.4. The van der Waals surface area contributed by atoms with Gasteiger partial charge in [-0.25, -0.2) is 9.97 Å². The van der Waals surface area contributed by atoms with E-state index in [1.807, 2.05) is 35.0 Å². The molecule has 6 aromatic heterocycles. The van der Waals surface area contributed by atoms with Crippen LogP contribution in [0.2, 0.25) is 20.1 Å². The highest BCUT2D eigenvalue weighted by Gasteiger charge is 2.20. The lowest BCUT2D eigenvalue weighted by Crippen LogP contribution is -2.21. The van der Waals surface area contributed by atoms with Crippen molar-refractivity contribution < 1.29 is 39.3 Å². The number of benzene rings is 2. The van der Waals surface area contributed by atoms with Gasteiger partial charge in [-0.15, -0.1) is 11.6 Å². The quantitative estimate of drug-likeness (QED) is 0.0967. The average Bonchev–Trinajstić information content (AvgIpc) is 4.05. The number of aromatic nitrogens is 10. The van der Waals surface area contributed by atoms with Gasteiger partial charge < -0.3 is 48.1 Å². The summed E-state index contributed by atoms with van der Waals surface area (Å²) in [7, 11) is 0. The van der Waals surface area contributed by atoms with E-state index in [4.69, 9.17) is 87.1 Å². The molecule has 308 valence electrons. The predicted octanol–water partition coefficient (Wildman–Crippen LogP) is 6.14. The molecule has 8 rings (SSSR count). The minimum Gasteiger partial charge on any atom is -0.506 e. The van der Waals surface area contributed by atoms with Gasteiger partial charge >= 0.3 is 0 Å². The monoisotopic (exact) mass is 906 g/mol. The van der Waals surface area contributed by atoms with E-state index in [1.54, 1.807) is 24.8 Å². The molecule has 23 heteroatoms. The number of aliphatic hydroxyl groups excluding tert-OH is 4. The molecule has 0 radical (unpaired) electrons. The molecule has 0 amide bonds. The summed E-state index contributed by atoms with van der Waals surface area (Å²) >= 11 is 29.6. The van der Waals surface area contributed by atoms with E-state index < -0.39 is 18.8 Å². The number of phenols is 1. The van der Waals surface area contributed by atoms with Crippen molar-refractivity contribution >= 4 is 69.3 Å². The summed E-state index contributed by atoms with van der Waals surface area (Å²) in [6.07, 6.45) is 8.77. The number of halogens is 5. The van der Waals surface area contributed by atoms with Gasteiger partial charge in [-0.3, -0.25) is 9.97 Å². The average molecular weight is 909 g/mol. The molecule has 5 N–H and O–H groups in total. The van der Waals surface area contributed by atoms with Crippen LogP contribution < -0.4 is 4.74 Å². The minimum atomic E-state index is -1.02. The molecule has 0 bridgehead atoms. The van der Waals surface area contributed by atoms with Crippen molar-refractivity contribution in [3.63, 3.8) is 0 Å². The second kappa shape index (κ2) is 19.3. The van der Waals surface area contributed by atoms with Gasteiger partial charge in [-0.1, -0.05) is 56.7 Å². The van der Waals surface area contributed by atoms with Gasteiger partial charge in [0.1, 0.15) is 35.6 Å². The number of imidazole rings is 2. The zero-order valence-electron chi connectivity index (χ0n) is 30.6. The molecule has 0 fully saturated rings. The molecule has 6 heterocycles. The lowest BCUT2D eigenvalue weighted by atomic mass is 10.2. The highest BCUT2D eigenvalue weighted by atomic mass is 35.5. The van der Waals surface area contributed by atoms with Crippen LogP contribution in [0.5, 0.6) is 11.5 Å². The molecule has 0 unspecified atom stereocenters. The summed E-state index contributed by atoms with van der Waals surface area (Å²) in [6, 6.07) is 5.83. The molecule has 0 spiro atoms. The Morgan fingerprint density at radius 3 is 1.63 bits per heavy atom. The summed E-state index contributed by atoms with van der Waals surface area (Å²) in [5.41, 5.74) is 4.95. The van der Waals surface area contributed by atoms with Crippen molar-refractivity contribution in [1.82, 2.24) is 49.0 Å². The lowest BCUT2D eigenvalue weighted by molar-refractivity contribution is 0.0536. The fraction of sp³-hybridized carbons (Fsp3) is 0.222. The molecule has 2 atom stereocenters. The van der Waals surface area contributed by atoms with Crippen molar-refractivity contribution in [3.05, 3.63) is 92.9 Å². The molecular weight excluding hydrogens is 878 g/mol. The number of ether oxygens (including phenoxy) is 1. The third-order valence-electron chi connectivity index (χ3n) is 7.80. The molecule has 0 aliphatic carbocycles. The number of alkyl halides is 1. The van der Waals surface area contributed by atoms with E-state index in [0.29, 0.717) is 33.8 Å². The number of phenolic OH excluding ortho intramolecular Hbond substituents is 1. The Balaban J connectivity index is 0.000000177. The zero-order chi connectivity index (χ0) is 42.4. The van der Waals surface area contributed by atoms with Gasteiger partial charge in [-0.2, -0.15) is 9.97 Å². The topological polar surface area (TPSA) is 249 Å². The van der Waals surface area contributed by atoms with E-state index >= 15 is 0 Å². The molecule has 2 aromatic carbocycles. The number of aryl methyl sites for hydroxylation is 2. The van der Waals surface area contributed by atoms with Crippen molar-refractivity contribution in [3.8, 4) is 57.4 Å². The van der Waals surface area contributed by atoms with Crippen LogP contribution >= 0.6 is 58.0 Å². The summed E-state index contributed by atoms with van der Waals surface area (Å²) in [6.45, 7) is 2.98. The molecule has 0 aliphatic heterocycles. The van der Waals surface area contributed by atoms with Crippen molar-refractivity contribution in [1.29, 1.82) is 0 Å². The number of fused-ring (bicyclic) bond motifs is 2. The fourth-order valence-corrected chi connectivity index (χ4v) is 5.85. The first-order valence-electron chi connectivity index (χ1n) is 17.0. The van der Waals surface area contributed by atoms with Gasteiger partial charge in [-0.05, 0) is 26.0 Å². The predicted molar refractivity (Wildman–Crippen MR) is 217 cm³/mol. The molecule has 8 aromatic rings. The minimum absolute atomic E-state index is 0.108. The highest BCUT2D eigenvalue weighted by Crippen LogP contribution is 2.37. The number of aliphatic hydroxyl groups is 4. The van der Waals surface area contributed by atoms with Crippen LogP contribution in [0.15, 0.2) is 70.5 Å². The SMILES string of the molecule is Cc1cn2cc(-c3nc(-c4cc(Cl)c(O)cc4Cl)no3)nc2cn1.Cc1cn2cc(-c3nc(-c4cc(Cl)c(OC[C@H](O)CO)cc4Cl)no3)nc2cn1.OC[C@@H](O)CCl.